The number of anilines is 1. The molecule has 0 saturated carbocycles. The maximum absolute atomic E-state index is 13.3. The van der Waals surface area contributed by atoms with Crippen molar-refractivity contribution in [2.24, 2.45) is 0 Å². The molecule has 1 fully saturated rings. The summed E-state index contributed by atoms with van der Waals surface area (Å²) in [5, 5.41) is 36.9. The number of hydrogen-bond acceptors (Lipinski definition) is 10. The Morgan fingerprint density at radius 3 is 2.25 bits per heavy atom. The van der Waals surface area contributed by atoms with Gasteiger partial charge in [0.05, 0.1) is 12.9 Å². The van der Waals surface area contributed by atoms with E-state index in [-0.39, 0.29) is 17.4 Å². The number of ether oxygens (including phenoxy) is 1. The van der Waals surface area contributed by atoms with Crippen molar-refractivity contribution in [3.05, 3.63) is 114 Å². The molecule has 44 heavy (non-hydrogen) atoms. The number of rotatable bonds is 11. The van der Waals surface area contributed by atoms with E-state index < -0.39 is 37.1 Å². The summed E-state index contributed by atoms with van der Waals surface area (Å²) in [6, 6.07) is 25.7. The summed E-state index contributed by atoms with van der Waals surface area (Å²) < 4.78 is 7.19. The average molecular weight is 596 g/mol. The minimum absolute atomic E-state index is 0.0411. The highest BCUT2D eigenvalue weighted by atomic mass is 16.6. The van der Waals surface area contributed by atoms with E-state index in [1.807, 2.05) is 54.6 Å². The van der Waals surface area contributed by atoms with Crippen LogP contribution >= 0.6 is 0 Å². The van der Waals surface area contributed by atoms with Gasteiger partial charge in [0.1, 0.15) is 18.3 Å². The number of nitrogens with zero attached hydrogens (tertiary/aromatic N) is 5. The number of pyridine rings is 1. The van der Waals surface area contributed by atoms with Gasteiger partial charge >= 0.3 is 0 Å². The van der Waals surface area contributed by atoms with Crippen LogP contribution in [-0.2, 0) is 11.2 Å². The average Bonchev–Trinajstić information content (AvgIpc) is 3.62. The third kappa shape index (κ3) is 6.15. The monoisotopic (exact) mass is 595 g/mol. The van der Waals surface area contributed by atoms with Crippen LogP contribution in [0.3, 0.4) is 0 Å². The van der Waals surface area contributed by atoms with Crippen LogP contribution in [0.15, 0.2) is 91.4 Å². The molecule has 12 heteroatoms. The molecule has 0 aliphatic carbocycles. The van der Waals surface area contributed by atoms with Crippen molar-refractivity contribution in [3.63, 3.8) is 0 Å². The fraction of sp³-hybridized carbons (Fsp3) is 0.281. The van der Waals surface area contributed by atoms with E-state index in [4.69, 9.17) is 4.74 Å². The first-order valence-electron chi connectivity index (χ1n) is 14.4. The highest BCUT2D eigenvalue weighted by Crippen LogP contribution is 2.33. The Kier molecular flexibility index (Phi) is 8.84. The van der Waals surface area contributed by atoms with Gasteiger partial charge < -0.3 is 30.7 Å². The molecule has 226 valence electrons. The maximum atomic E-state index is 13.3. The molecular weight excluding hydrogens is 562 g/mol. The van der Waals surface area contributed by atoms with Gasteiger partial charge in [-0.15, -0.1) is 0 Å². The molecule has 1 amide bonds. The molecule has 0 radical (unpaired) electrons. The van der Waals surface area contributed by atoms with Crippen LogP contribution in [-0.4, -0.2) is 83.7 Å². The predicted octanol–water partition coefficient (Wildman–Crippen LogP) is 2.05. The largest absolute Gasteiger partial charge is 0.394 e. The van der Waals surface area contributed by atoms with Crippen LogP contribution in [0.1, 0.15) is 39.6 Å². The molecule has 6 rings (SSSR count). The van der Waals surface area contributed by atoms with E-state index >= 15 is 0 Å². The van der Waals surface area contributed by atoms with Crippen molar-refractivity contribution >= 4 is 22.9 Å². The van der Waals surface area contributed by atoms with E-state index in [9.17, 15) is 20.1 Å². The molecule has 1 aliphatic rings. The van der Waals surface area contributed by atoms with Crippen LogP contribution in [0.2, 0.25) is 0 Å². The summed E-state index contributed by atoms with van der Waals surface area (Å²) in [6.07, 6.45) is -1.10. The van der Waals surface area contributed by atoms with Crippen molar-refractivity contribution in [2.75, 3.05) is 25.0 Å². The molecule has 1 saturated heterocycles. The van der Waals surface area contributed by atoms with E-state index in [1.54, 1.807) is 6.20 Å². The molecule has 5 aromatic rings. The molecule has 4 atom stereocenters. The molecule has 4 unspecified atom stereocenters. The minimum atomic E-state index is -1.35. The van der Waals surface area contributed by atoms with E-state index in [0.717, 1.165) is 16.8 Å². The Labute approximate surface area is 253 Å². The van der Waals surface area contributed by atoms with Gasteiger partial charge in [-0.1, -0.05) is 66.7 Å². The van der Waals surface area contributed by atoms with Crippen molar-refractivity contribution in [2.45, 2.75) is 36.9 Å². The summed E-state index contributed by atoms with van der Waals surface area (Å²) >= 11 is 0. The van der Waals surface area contributed by atoms with Crippen molar-refractivity contribution in [1.29, 1.82) is 0 Å². The SMILES string of the molecule is O=C(NCCc1ccccn1)c1nc(NCC(c2ccccc2)c2ccccc2)c2ncn(C3OC(CO)C(O)C3O)c2n1. The molecule has 1 aliphatic heterocycles. The maximum Gasteiger partial charge on any atom is 0.289 e. The normalized spacial score (nSPS) is 19.8. The number of nitrogens with one attached hydrogen (secondary N) is 2. The number of imidazole rings is 1. The fourth-order valence-electron chi connectivity index (χ4n) is 5.36. The molecule has 3 aromatic heterocycles. The highest BCUT2D eigenvalue weighted by molar-refractivity contribution is 5.94. The van der Waals surface area contributed by atoms with Gasteiger partial charge in [-0.2, -0.15) is 0 Å². The minimum Gasteiger partial charge on any atom is -0.394 e. The number of hydrogen-bond donors (Lipinski definition) is 5. The first kappa shape index (κ1) is 29.3. The number of carbonyl (C=O) groups is 1. The number of fused-ring (bicyclic) bond motifs is 1. The lowest BCUT2D eigenvalue weighted by molar-refractivity contribution is -0.0511. The summed E-state index contributed by atoms with van der Waals surface area (Å²) in [5.41, 5.74) is 3.61. The molecule has 12 nitrogen and oxygen atoms in total. The van der Waals surface area contributed by atoms with Crippen molar-refractivity contribution < 1.29 is 24.9 Å². The summed E-state index contributed by atoms with van der Waals surface area (Å²) in [6.45, 7) is 0.271. The second-order valence-corrected chi connectivity index (χ2v) is 10.5. The molecule has 0 spiro atoms. The number of aromatic nitrogens is 5. The lowest BCUT2D eigenvalue weighted by atomic mass is 9.91. The fourth-order valence-corrected chi connectivity index (χ4v) is 5.36. The quantitative estimate of drug-likeness (QED) is 0.152. The third-order valence-electron chi connectivity index (χ3n) is 7.69. The predicted molar refractivity (Wildman–Crippen MR) is 162 cm³/mol. The zero-order valence-corrected chi connectivity index (χ0v) is 23.8. The number of aliphatic hydroxyl groups excluding tert-OH is 3. The number of benzene rings is 2. The first-order valence-corrected chi connectivity index (χ1v) is 14.4. The second-order valence-electron chi connectivity index (χ2n) is 10.5. The van der Waals surface area contributed by atoms with Crippen molar-refractivity contribution in [3.8, 4) is 0 Å². The second kappa shape index (κ2) is 13.3. The Morgan fingerprint density at radius 1 is 0.909 bits per heavy atom. The molecule has 5 N–H and O–H groups in total. The highest BCUT2D eigenvalue weighted by Gasteiger charge is 2.44. The smallest absolute Gasteiger partial charge is 0.289 e. The topological polar surface area (TPSA) is 168 Å². The first-order chi connectivity index (χ1) is 21.5. The molecule has 2 aromatic carbocycles. The zero-order chi connectivity index (χ0) is 30.5. The Morgan fingerprint density at radius 2 is 1.61 bits per heavy atom. The van der Waals surface area contributed by atoms with Crippen LogP contribution in [0.25, 0.3) is 11.2 Å². The van der Waals surface area contributed by atoms with Gasteiger partial charge in [0, 0.05) is 37.3 Å². The summed E-state index contributed by atoms with van der Waals surface area (Å²) in [7, 11) is 0. The lowest BCUT2D eigenvalue weighted by Gasteiger charge is -2.20. The third-order valence-corrected chi connectivity index (χ3v) is 7.69. The molecule has 0 bridgehead atoms. The van der Waals surface area contributed by atoms with E-state index in [1.165, 1.54) is 10.9 Å². The summed E-state index contributed by atoms with van der Waals surface area (Å²) in [5.74, 6) is -0.319. The van der Waals surface area contributed by atoms with Crippen molar-refractivity contribution in [1.82, 2.24) is 29.8 Å². The number of aliphatic hydroxyl groups is 3. The van der Waals surface area contributed by atoms with Crippen LogP contribution in [0.4, 0.5) is 5.82 Å². The van der Waals surface area contributed by atoms with Crippen LogP contribution in [0, 0.1) is 0 Å². The number of carbonyl (C=O) groups excluding carboxylic acids is 1. The van der Waals surface area contributed by atoms with Crippen LogP contribution in [0.5, 0.6) is 0 Å². The standard InChI is InChI=1S/C32H33N7O5/c40-18-24-26(41)27(42)32(44-24)39-19-36-25-28(35-17-23(20-9-3-1-4-10-20)21-11-5-2-6-12-21)37-29(38-30(25)39)31(43)34-16-14-22-13-7-8-15-33-22/h1-13,15,19,23-24,26-27,32,40-42H,14,16-18H2,(H,34,43)(H,35,37,38). The Balaban J connectivity index is 1.33. The molecular formula is C32H33N7O5. The van der Waals surface area contributed by atoms with Gasteiger partial charge in [-0.05, 0) is 23.3 Å². The van der Waals surface area contributed by atoms with Gasteiger partial charge in [0.25, 0.3) is 5.91 Å². The van der Waals surface area contributed by atoms with Gasteiger partial charge in [0.2, 0.25) is 5.82 Å². The Bertz CT molecular complexity index is 1650. The zero-order valence-electron chi connectivity index (χ0n) is 23.8. The van der Waals surface area contributed by atoms with E-state index in [2.05, 4.69) is 54.8 Å². The van der Waals surface area contributed by atoms with E-state index in [0.29, 0.717) is 30.8 Å². The van der Waals surface area contributed by atoms with Gasteiger partial charge in [-0.25, -0.2) is 15.0 Å². The van der Waals surface area contributed by atoms with Gasteiger partial charge in [0.15, 0.2) is 23.2 Å². The lowest BCUT2D eigenvalue weighted by Crippen LogP contribution is -2.33. The Hall–Kier alpha value is -4.75. The summed E-state index contributed by atoms with van der Waals surface area (Å²) in [4.78, 5) is 31.2. The molecule has 4 heterocycles. The van der Waals surface area contributed by atoms with Gasteiger partial charge in [-0.3, -0.25) is 14.3 Å². The van der Waals surface area contributed by atoms with Crippen LogP contribution < -0.4 is 10.6 Å². The number of amides is 1.